The van der Waals surface area contributed by atoms with Gasteiger partial charge < -0.3 is 5.32 Å². The van der Waals surface area contributed by atoms with E-state index in [2.05, 4.69) is 5.32 Å². The van der Waals surface area contributed by atoms with Crippen molar-refractivity contribution in [2.75, 3.05) is 16.8 Å². The minimum atomic E-state index is -3.30. The number of rotatable bonds is 3. The molecule has 2 aliphatic rings. The van der Waals surface area contributed by atoms with Gasteiger partial charge in [-0.25, -0.2) is 22.4 Å². The molecule has 0 aromatic heterocycles. The summed E-state index contributed by atoms with van der Waals surface area (Å²) < 4.78 is 36.5. The fourth-order valence-corrected chi connectivity index (χ4v) is 5.02. The molecule has 2 aliphatic heterocycles. The Morgan fingerprint density at radius 2 is 1.93 bits per heavy atom. The van der Waals surface area contributed by atoms with Crippen molar-refractivity contribution < 1.29 is 27.3 Å². The SMILES string of the molecule is CC1=C(C#N)C(=O)[NH+]([C@@H]2CCS(=O)(=O)C2)C(=O)/C1=C\Nc1ccc(F)cc1. The van der Waals surface area contributed by atoms with Crippen LogP contribution in [-0.2, 0) is 19.4 Å². The molecule has 1 fully saturated rings. The lowest BCUT2D eigenvalue weighted by Gasteiger charge is -2.25. The van der Waals surface area contributed by atoms with Crippen LogP contribution in [0.4, 0.5) is 10.1 Å². The number of carbonyl (C=O) groups excluding carboxylic acids is 2. The van der Waals surface area contributed by atoms with Gasteiger partial charge in [-0.2, -0.15) is 10.2 Å². The molecule has 0 aliphatic carbocycles. The van der Waals surface area contributed by atoms with Crippen molar-refractivity contribution in [3.8, 4) is 6.07 Å². The number of nitrogens with zero attached hydrogens (tertiary/aromatic N) is 1. The number of imide groups is 1. The summed E-state index contributed by atoms with van der Waals surface area (Å²) >= 11 is 0. The number of nitrogens with one attached hydrogen (secondary N) is 2. The van der Waals surface area contributed by atoms with Crippen LogP contribution in [-0.4, -0.2) is 37.8 Å². The third-order valence-electron chi connectivity index (χ3n) is 4.72. The summed E-state index contributed by atoms with van der Waals surface area (Å²) in [6.07, 6.45) is 1.55. The number of quaternary nitrogens is 1. The van der Waals surface area contributed by atoms with Gasteiger partial charge in [0.05, 0.1) is 5.75 Å². The molecule has 0 radical (unpaired) electrons. The number of carbonyl (C=O) groups is 2. The summed E-state index contributed by atoms with van der Waals surface area (Å²) in [5, 5.41) is 12.2. The number of sulfone groups is 1. The summed E-state index contributed by atoms with van der Waals surface area (Å²) in [6, 6.07) is 6.56. The number of nitriles is 1. The smallest absolute Gasteiger partial charge is 0.361 e. The molecule has 2 atom stereocenters. The average molecular weight is 390 g/mol. The summed E-state index contributed by atoms with van der Waals surface area (Å²) in [7, 11) is -3.30. The Kier molecular flexibility index (Phi) is 4.95. The highest BCUT2D eigenvalue weighted by Crippen LogP contribution is 2.20. The topological polar surface area (TPSA) is 109 Å². The molecule has 0 spiro atoms. The zero-order valence-corrected chi connectivity index (χ0v) is 15.3. The number of hydrogen-bond donors (Lipinski definition) is 2. The number of benzene rings is 1. The van der Waals surface area contributed by atoms with Gasteiger partial charge in [0.15, 0.2) is 15.4 Å². The zero-order valence-electron chi connectivity index (χ0n) is 14.5. The first kappa shape index (κ1) is 18.9. The molecule has 2 heterocycles. The maximum Gasteiger partial charge on any atom is 0.363 e. The van der Waals surface area contributed by atoms with Gasteiger partial charge in [-0.15, -0.1) is 0 Å². The van der Waals surface area contributed by atoms with Crippen LogP contribution in [0.1, 0.15) is 13.3 Å². The minimum Gasteiger partial charge on any atom is -0.361 e. The van der Waals surface area contributed by atoms with Crippen molar-refractivity contribution in [2.24, 2.45) is 0 Å². The fourth-order valence-electron chi connectivity index (χ4n) is 3.26. The number of amides is 2. The second-order valence-electron chi connectivity index (χ2n) is 6.49. The van der Waals surface area contributed by atoms with Crippen LogP contribution in [0, 0.1) is 17.1 Å². The molecule has 1 saturated heterocycles. The minimum absolute atomic E-state index is 0.0841. The van der Waals surface area contributed by atoms with E-state index >= 15 is 0 Å². The Morgan fingerprint density at radius 1 is 1.26 bits per heavy atom. The normalized spacial score (nSPS) is 26.3. The fraction of sp³-hybridized carbons (Fsp3) is 0.278. The predicted octanol–water partition coefficient (Wildman–Crippen LogP) is 0.100. The Hall–Kier alpha value is -2.83. The molecule has 2 N–H and O–H groups in total. The van der Waals surface area contributed by atoms with Crippen LogP contribution in [0.2, 0.25) is 0 Å². The Balaban J connectivity index is 1.97. The number of hydrogen-bond acceptors (Lipinski definition) is 6. The lowest BCUT2D eigenvalue weighted by atomic mass is 9.94. The van der Waals surface area contributed by atoms with Crippen molar-refractivity contribution >= 4 is 27.3 Å². The molecule has 2 amide bonds. The third-order valence-corrected chi connectivity index (χ3v) is 6.49. The summed E-state index contributed by atoms with van der Waals surface area (Å²) in [4.78, 5) is 25.4. The first-order valence-electron chi connectivity index (χ1n) is 8.24. The Morgan fingerprint density at radius 3 is 2.48 bits per heavy atom. The van der Waals surface area contributed by atoms with Gasteiger partial charge in [0, 0.05) is 18.3 Å². The highest BCUT2D eigenvalue weighted by molar-refractivity contribution is 7.91. The van der Waals surface area contributed by atoms with E-state index in [1.54, 1.807) is 0 Å². The highest BCUT2D eigenvalue weighted by Gasteiger charge is 2.48. The maximum atomic E-state index is 13.0. The van der Waals surface area contributed by atoms with E-state index in [1.165, 1.54) is 37.4 Å². The van der Waals surface area contributed by atoms with Crippen LogP contribution in [0.25, 0.3) is 0 Å². The van der Waals surface area contributed by atoms with Gasteiger partial charge >= 0.3 is 11.8 Å². The molecule has 1 aromatic carbocycles. The van der Waals surface area contributed by atoms with E-state index < -0.39 is 33.5 Å². The molecule has 0 bridgehead atoms. The maximum absolute atomic E-state index is 13.0. The van der Waals surface area contributed by atoms with E-state index in [-0.39, 0.29) is 39.5 Å². The van der Waals surface area contributed by atoms with E-state index in [9.17, 15) is 27.7 Å². The van der Waals surface area contributed by atoms with Crippen molar-refractivity contribution in [2.45, 2.75) is 19.4 Å². The van der Waals surface area contributed by atoms with E-state index in [0.29, 0.717) is 5.69 Å². The van der Waals surface area contributed by atoms with Gasteiger partial charge in [-0.1, -0.05) is 0 Å². The molecule has 9 heteroatoms. The van der Waals surface area contributed by atoms with Gasteiger partial charge in [0.2, 0.25) is 0 Å². The highest BCUT2D eigenvalue weighted by atomic mass is 32.2. The molecule has 140 valence electrons. The van der Waals surface area contributed by atoms with E-state index in [4.69, 9.17) is 0 Å². The van der Waals surface area contributed by atoms with Crippen molar-refractivity contribution in [1.82, 2.24) is 0 Å². The van der Waals surface area contributed by atoms with E-state index in [1.807, 2.05) is 6.07 Å². The average Bonchev–Trinajstić information content (AvgIpc) is 2.96. The van der Waals surface area contributed by atoms with Crippen molar-refractivity contribution in [3.63, 3.8) is 0 Å². The zero-order chi connectivity index (χ0) is 19.8. The van der Waals surface area contributed by atoms with Gasteiger partial charge in [0.1, 0.15) is 29.3 Å². The van der Waals surface area contributed by atoms with Crippen LogP contribution in [0.3, 0.4) is 0 Å². The van der Waals surface area contributed by atoms with Crippen LogP contribution < -0.4 is 10.2 Å². The second-order valence-corrected chi connectivity index (χ2v) is 8.72. The van der Waals surface area contributed by atoms with E-state index in [0.717, 1.165) is 0 Å². The second kappa shape index (κ2) is 7.06. The predicted molar refractivity (Wildman–Crippen MR) is 94.5 cm³/mol. The lowest BCUT2D eigenvalue weighted by molar-refractivity contribution is -0.761. The lowest BCUT2D eigenvalue weighted by Crippen LogP contribution is -3.21. The molecule has 1 aromatic rings. The molecule has 3 rings (SSSR count). The molecule has 27 heavy (non-hydrogen) atoms. The third kappa shape index (κ3) is 3.67. The standard InChI is InChI=1S/C18H16FN3O4S/c1-11-15(8-20)17(23)22(14-6-7-27(25,26)10-14)18(24)16(11)9-21-13-4-2-12(19)3-5-13/h2-5,9,14,21H,6-7,10H2,1H3/p+1/b16-9-/t14-/m1/s1. The summed E-state index contributed by atoms with van der Waals surface area (Å²) in [6.45, 7) is 1.49. The number of anilines is 1. The molecule has 1 unspecified atom stereocenters. The van der Waals surface area contributed by atoms with Crippen LogP contribution in [0.15, 0.2) is 47.2 Å². The first-order chi connectivity index (χ1) is 12.7. The van der Waals surface area contributed by atoms with Crippen molar-refractivity contribution in [3.05, 3.63) is 53.0 Å². The Labute approximate surface area is 155 Å². The monoisotopic (exact) mass is 390 g/mol. The van der Waals surface area contributed by atoms with Crippen LogP contribution in [0.5, 0.6) is 0 Å². The molecular formula is C18H17FN3O4S+. The van der Waals surface area contributed by atoms with Crippen LogP contribution >= 0.6 is 0 Å². The first-order valence-corrected chi connectivity index (χ1v) is 10.1. The van der Waals surface area contributed by atoms with Gasteiger partial charge in [-0.05, 0) is 36.8 Å². The largest absolute Gasteiger partial charge is 0.363 e. The van der Waals surface area contributed by atoms with Gasteiger partial charge in [0.25, 0.3) is 0 Å². The van der Waals surface area contributed by atoms with Crippen molar-refractivity contribution in [1.29, 1.82) is 5.26 Å². The number of halogens is 1. The molecule has 7 nitrogen and oxygen atoms in total. The Bertz CT molecular complexity index is 1020. The summed E-state index contributed by atoms with van der Waals surface area (Å²) in [5.74, 6) is -2.03. The molecule has 0 saturated carbocycles. The van der Waals surface area contributed by atoms with Gasteiger partial charge in [-0.3, -0.25) is 0 Å². The summed E-state index contributed by atoms with van der Waals surface area (Å²) in [5.41, 5.74) is 0.701. The molecular weight excluding hydrogens is 373 g/mol. The quantitative estimate of drug-likeness (QED) is 0.560.